The molecular weight excluding hydrogens is 186 g/mol. The number of aliphatic hydroxyl groups excluding tert-OH is 1. The van der Waals surface area contributed by atoms with Crippen LogP contribution in [0.15, 0.2) is 0 Å². The van der Waals surface area contributed by atoms with Crippen LogP contribution in [0.1, 0.15) is 59.3 Å². The second-order valence-electron chi connectivity index (χ2n) is 4.55. The van der Waals surface area contributed by atoms with Gasteiger partial charge in [0.15, 0.2) is 0 Å². The Morgan fingerprint density at radius 3 is 2.27 bits per heavy atom. The van der Waals surface area contributed by atoms with Crippen molar-refractivity contribution in [2.24, 2.45) is 5.92 Å². The van der Waals surface area contributed by atoms with Crippen molar-refractivity contribution in [3.63, 3.8) is 0 Å². The smallest absolute Gasteiger partial charge is 0.0428 e. The topological polar surface area (TPSA) is 32.3 Å². The number of aliphatic hydroxyl groups is 1. The van der Waals surface area contributed by atoms with Crippen LogP contribution in [0.2, 0.25) is 0 Å². The molecule has 2 nitrogen and oxygen atoms in total. The van der Waals surface area contributed by atoms with E-state index in [1.165, 1.54) is 38.6 Å². The average molecular weight is 215 g/mol. The highest BCUT2D eigenvalue weighted by molar-refractivity contribution is 4.80. The lowest BCUT2D eigenvalue weighted by Crippen LogP contribution is -2.25. The standard InChI is InChI=1S/C10H21N.C3H8O/c1-3-4-5-6-10-9(2)7-8-11-10;1-2-3-4/h9-11H,3-8H2,1-2H3;4H,2-3H2,1H3. The molecule has 2 atom stereocenters. The molecule has 0 radical (unpaired) electrons. The van der Waals surface area contributed by atoms with E-state index in [0.29, 0.717) is 6.61 Å². The number of hydrogen-bond acceptors (Lipinski definition) is 2. The molecule has 2 heteroatoms. The van der Waals surface area contributed by atoms with Gasteiger partial charge in [-0.1, -0.05) is 40.0 Å². The zero-order valence-corrected chi connectivity index (χ0v) is 10.8. The van der Waals surface area contributed by atoms with Crippen molar-refractivity contribution in [2.75, 3.05) is 13.2 Å². The van der Waals surface area contributed by atoms with E-state index in [0.717, 1.165) is 18.4 Å². The van der Waals surface area contributed by atoms with Gasteiger partial charge in [0.25, 0.3) is 0 Å². The molecule has 0 amide bonds. The van der Waals surface area contributed by atoms with Crippen molar-refractivity contribution >= 4 is 0 Å². The maximum Gasteiger partial charge on any atom is 0.0428 e. The summed E-state index contributed by atoms with van der Waals surface area (Å²) in [5.41, 5.74) is 0. The Bertz CT molecular complexity index is 126. The van der Waals surface area contributed by atoms with Gasteiger partial charge in [-0.15, -0.1) is 0 Å². The monoisotopic (exact) mass is 215 g/mol. The van der Waals surface area contributed by atoms with Crippen LogP contribution in [0, 0.1) is 5.92 Å². The fraction of sp³-hybridized carbons (Fsp3) is 1.00. The molecule has 0 aromatic carbocycles. The summed E-state index contributed by atoms with van der Waals surface area (Å²) in [4.78, 5) is 0. The molecule has 1 saturated heterocycles. The van der Waals surface area contributed by atoms with E-state index in [2.05, 4.69) is 19.2 Å². The molecule has 0 aromatic heterocycles. The first-order valence-electron chi connectivity index (χ1n) is 6.60. The molecule has 1 heterocycles. The normalized spacial score (nSPS) is 24.8. The fourth-order valence-corrected chi connectivity index (χ4v) is 1.90. The van der Waals surface area contributed by atoms with E-state index in [9.17, 15) is 0 Å². The van der Waals surface area contributed by atoms with Gasteiger partial charge in [0.1, 0.15) is 0 Å². The van der Waals surface area contributed by atoms with Crippen LogP contribution < -0.4 is 5.32 Å². The van der Waals surface area contributed by atoms with Gasteiger partial charge in [-0.05, 0) is 31.7 Å². The average Bonchev–Trinajstić information content (AvgIpc) is 2.65. The molecule has 1 aliphatic heterocycles. The maximum absolute atomic E-state index is 7.88. The van der Waals surface area contributed by atoms with E-state index >= 15 is 0 Å². The Balaban J connectivity index is 0.000000423. The second-order valence-corrected chi connectivity index (χ2v) is 4.55. The zero-order valence-electron chi connectivity index (χ0n) is 10.8. The predicted octanol–water partition coefficient (Wildman–Crippen LogP) is 2.95. The lowest BCUT2D eigenvalue weighted by molar-refractivity contribution is 0.295. The van der Waals surface area contributed by atoms with Crippen molar-refractivity contribution in [3.8, 4) is 0 Å². The molecule has 92 valence electrons. The van der Waals surface area contributed by atoms with E-state index in [4.69, 9.17) is 5.11 Å². The molecule has 0 aliphatic carbocycles. The maximum atomic E-state index is 7.88. The Kier molecular flexibility index (Phi) is 10.4. The van der Waals surface area contributed by atoms with Crippen molar-refractivity contribution in [2.45, 2.75) is 65.3 Å². The summed E-state index contributed by atoms with van der Waals surface area (Å²) >= 11 is 0. The Labute approximate surface area is 95.5 Å². The first kappa shape index (κ1) is 14.9. The lowest BCUT2D eigenvalue weighted by atomic mass is 9.98. The second kappa shape index (κ2) is 10.4. The molecular formula is C13H29NO. The first-order valence-corrected chi connectivity index (χ1v) is 6.60. The Hall–Kier alpha value is -0.0800. The van der Waals surface area contributed by atoms with Gasteiger partial charge in [-0.3, -0.25) is 0 Å². The molecule has 0 spiro atoms. The van der Waals surface area contributed by atoms with Crippen LogP contribution in [0.25, 0.3) is 0 Å². The SMILES string of the molecule is CCCCCC1NCCC1C.CCCO. The quantitative estimate of drug-likeness (QED) is 0.691. The molecule has 2 N–H and O–H groups in total. The van der Waals surface area contributed by atoms with E-state index < -0.39 is 0 Å². The molecule has 0 bridgehead atoms. The molecule has 15 heavy (non-hydrogen) atoms. The van der Waals surface area contributed by atoms with Gasteiger partial charge in [0.05, 0.1) is 0 Å². The first-order chi connectivity index (χ1) is 7.26. The van der Waals surface area contributed by atoms with E-state index in [1.54, 1.807) is 0 Å². The largest absolute Gasteiger partial charge is 0.396 e. The lowest BCUT2D eigenvalue weighted by Gasteiger charge is -2.14. The van der Waals surface area contributed by atoms with Gasteiger partial charge < -0.3 is 10.4 Å². The number of hydrogen-bond donors (Lipinski definition) is 2. The van der Waals surface area contributed by atoms with Gasteiger partial charge in [-0.2, -0.15) is 0 Å². The molecule has 2 unspecified atom stereocenters. The highest BCUT2D eigenvalue weighted by Gasteiger charge is 2.21. The molecule has 1 fully saturated rings. The third kappa shape index (κ3) is 7.80. The van der Waals surface area contributed by atoms with E-state index in [-0.39, 0.29) is 0 Å². The van der Waals surface area contributed by atoms with Crippen LogP contribution in [0.4, 0.5) is 0 Å². The number of nitrogens with one attached hydrogen (secondary N) is 1. The minimum absolute atomic E-state index is 0.319. The van der Waals surface area contributed by atoms with Gasteiger partial charge in [-0.25, -0.2) is 0 Å². The fourth-order valence-electron chi connectivity index (χ4n) is 1.90. The van der Waals surface area contributed by atoms with Crippen molar-refractivity contribution in [1.29, 1.82) is 0 Å². The Morgan fingerprint density at radius 1 is 1.20 bits per heavy atom. The number of unbranched alkanes of at least 4 members (excludes halogenated alkanes) is 2. The van der Waals surface area contributed by atoms with Crippen LogP contribution in [-0.2, 0) is 0 Å². The van der Waals surface area contributed by atoms with Crippen LogP contribution in [0.5, 0.6) is 0 Å². The van der Waals surface area contributed by atoms with Crippen molar-refractivity contribution in [1.82, 2.24) is 5.32 Å². The molecule has 1 rings (SSSR count). The van der Waals surface area contributed by atoms with Crippen molar-refractivity contribution in [3.05, 3.63) is 0 Å². The van der Waals surface area contributed by atoms with Crippen LogP contribution in [0.3, 0.4) is 0 Å². The summed E-state index contributed by atoms with van der Waals surface area (Å²) in [6, 6.07) is 0.835. The predicted molar refractivity (Wildman–Crippen MR) is 67.1 cm³/mol. The van der Waals surface area contributed by atoms with Crippen molar-refractivity contribution < 1.29 is 5.11 Å². The van der Waals surface area contributed by atoms with Gasteiger partial charge >= 0.3 is 0 Å². The highest BCUT2D eigenvalue weighted by atomic mass is 16.2. The van der Waals surface area contributed by atoms with Gasteiger partial charge in [0, 0.05) is 12.6 Å². The highest BCUT2D eigenvalue weighted by Crippen LogP contribution is 2.19. The molecule has 1 aliphatic rings. The Morgan fingerprint density at radius 2 is 1.87 bits per heavy atom. The summed E-state index contributed by atoms with van der Waals surface area (Å²) in [5.74, 6) is 0.923. The summed E-state index contributed by atoms with van der Waals surface area (Å²) in [7, 11) is 0. The summed E-state index contributed by atoms with van der Waals surface area (Å²) in [5, 5.41) is 11.4. The molecule has 0 saturated carbocycles. The van der Waals surface area contributed by atoms with Gasteiger partial charge in [0.2, 0.25) is 0 Å². The molecule has 0 aromatic rings. The summed E-state index contributed by atoms with van der Waals surface area (Å²) in [6.07, 6.45) is 7.83. The third-order valence-corrected chi connectivity index (χ3v) is 3.04. The van der Waals surface area contributed by atoms with Crippen LogP contribution in [-0.4, -0.2) is 24.3 Å². The number of rotatable bonds is 5. The minimum atomic E-state index is 0.319. The van der Waals surface area contributed by atoms with E-state index in [1.807, 2.05) is 6.92 Å². The summed E-state index contributed by atoms with van der Waals surface area (Å²) in [6.45, 7) is 8.14. The van der Waals surface area contributed by atoms with Crippen LogP contribution >= 0.6 is 0 Å². The zero-order chi connectivity index (χ0) is 11.5. The third-order valence-electron chi connectivity index (χ3n) is 3.04. The minimum Gasteiger partial charge on any atom is -0.396 e. The summed E-state index contributed by atoms with van der Waals surface area (Å²) < 4.78 is 0.